The van der Waals surface area contributed by atoms with Crippen LogP contribution in [-0.2, 0) is 0 Å². The highest BCUT2D eigenvalue weighted by atomic mass is 15.0. The van der Waals surface area contributed by atoms with E-state index in [1.807, 2.05) is 6.92 Å². The fraction of sp³-hybridized carbons (Fsp3) is 0.318. The Bertz CT molecular complexity index is 660. The van der Waals surface area contributed by atoms with E-state index < -0.39 is 0 Å². The number of benzene rings is 1. The van der Waals surface area contributed by atoms with Gasteiger partial charge < -0.3 is 5.32 Å². The van der Waals surface area contributed by atoms with Crippen molar-refractivity contribution in [3.05, 3.63) is 83.7 Å². The minimum atomic E-state index is 0.137. The van der Waals surface area contributed by atoms with E-state index in [-0.39, 0.29) is 6.04 Å². The molecule has 1 unspecified atom stereocenters. The maximum absolute atomic E-state index is 4.91. The van der Waals surface area contributed by atoms with Crippen LogP contribution in [0.5, 0.6) is 0 Å². The summed E-state index contributed by atoms with van der Waals surface area (Å²) >= 11 is 0. The highest BCUT2D eigenvalue weighted by Gasteiger charge is 2.22. The highest BCUT2D eigenvalue weighted by Crippen LogP contribution is 2.25. The Balaban J connectivity index is 2.24. The Morgan fingerprint density at radius 1 is 1.08 bits per heavy atom. The number of hydrogen-bond donors (Lipinski definition) is 1. The van der Waals surface area contributed by atoms with Crippen LogP contribution in [0, 0.1) is 0 Å². The number of rotatable bonds is 7. The van der Waals surface area contributed by atoms with E-state index in [0.29, 0.717) is 0 Å². The molecule has 1 aliphatic heterocycles. The summed E-state index contributed by atoms with van der Waals surface area (Å²) in [5.41, 5.74) is 4.60. The van der Waals surface area contributed by atoms with Crippen LogP contribution in [-0.4, -0.2) is 5.71 Å². The molecule has 0 spiro atoms. The topological polar surface area (TPSA) is 24.4 Å². The van der Waals surface area contributed by atoms with Crippen molar-refractivity contribution in [1.29, 1.82) is 0 Å². The minimum Gasteiger partial charge on any atom is -0.372 e. The predicted octanol–water partition coefficient (Wildman–Crippen LogP) is 5.88. The van der Waals surface area contributed by atoms with E-state index in [2.05, 4.69) is 86.0 Å². The fourth-order valence-electron chi connectivity index (χ4n) is 2.69. The molecular weight excluding hydrogens is 292 g/mol. The molecule has 0 radical (unpaired) electrons. The van der Waals surface area contributed by atoms with Crippen LogP contribution in [0.25, 0.3) is 0 Å². The molecule has 1 atom stereocenters. The van der Waals surface area contributed by atoms with Gasteiger partial charge in [-0.1, -0.05) is 67.6 Å². The first-order valence-electron chi connectivity index (χ1n) is 8.78. The van der Waals surface area contributed by atoms with Gasteiger partial charge in [0.05, 0.1) is 17.4 Å². The van der Waals surface area contributed by atoms with Gasteiger partial charge in [0.1, 0.15) is 0 Å². The average Bonchev–Trinajstić information content (AvgIpc) is 2.61. The molecule has 2 nitrogen and oxygen atoms in total. The molecule has 126 valence electrons. The first-order valence-corrected chi connectivity index (χ1v) is 8.78. The molecule has 2 rings (SSSR count). The number of nitrogens with zero attached hydrogens (tertiary/aromatic N) is 1. The Labute approximate surface area is 146 Å². The van der Waals surface area contributed by atoms with Gasteiger partial charge in [-0.3, -0.25) is 4.99 Å². The molecule has 0 saturated heterocycles. The van der Waals surface area contributed by atoms with Crippen molar-refractivity contribution in [3.8, 4) is 0 Å². The lowest BCUT2D eigenvalue weighted by molar-refractivity contribution is 0.724. The van der Waals surface area contributed by atoms with E-state index in [0.717, 1.165) is 30.7 Å². The van der Waals surface area contributed by atoms with Crippen molar-refractivity contribution in [2.24, 2.45) is 4.99 Å². The lowest BCUT2D eigenvalue weighted by atomic mass is 9.97. The fourth-order valence-corrected chi connectivity index (χ4v) is 2.69. The van der Waals surface area contributed by atoms with Gasteiger partial charge in [-0.05, 0) is 38.3 Å². The molecule has 0 saturated carbocycles. The van der Waals surface area contributed by atoms with E-state index >= 15 is 0 Å². The Kier molecular flexibility index (Phi) is 7.28. The normalized spacial score (nSPS) is 18.6. The second-order valence-electron chi connectivity index (χ2n) is 5.88. The third-order valence-corrected chi connectivity index (χ3v) is 3.99. The summed E-state index contributed by atoms with van der Waals surface area (Å²) in [6.45, 7) is 6.27. The first kappa shape index (κ1) is 18.0. The largest absolute Gasteiger partial charge is 0.372 e. The van der Waals surface area contributed by atoms with E-state index in [1.165, 1.54) is 11.3 Å². The van der Waals surface area contributed by atoms with Crippen molar-refractivity contribution in [2.75, 3.05) is 0 Å². The van der Waals surface area contributed by atoms with Crippen LogP contribution < -0.4 is 5.32 Å². The van der Waals surface area contributed by atoms with Gasteiger partial charge in [0.15, 0.2) is 0 Å². The average molecular weight is 320 g/mol. The second kappa shape index (κ2) is 9.71. The third-order valence-electron chi connectivity index (χ3n) is 3.99. The van der Waals surface area contributed by atoms with E-state index in [9.17, 15) is 0 Å². The maximum Gasteiger partial charge on any atom is 0.0904 e. The molecular formula is C22H28N2. The zero-order valence-electron chi connectivity index (χ0n) is 15.0. The molecule has 1 aliphatic rings. The van der Waals surface area contributed by atoms with Gasteiger partial charge >= 0.3 is 0 Å². The molecule has 1 heterocycles. The SMILES string of the molecule is C/C=C\C/C=C\CC1=NC(C)=C(/C=C\CC)NC1c1ccccc1. The standard InChI is InChI=1S/C22H28N2/c1-4-6-8-9-13-17-21-22(19-14-11-10-12-15-19)24-20(16-7-5-2)18(3)23-21/h4,6-7,9-16,22,24H,5,8,17H2,1-3H3/b6-4-,13-9-,16-7-. The summed E-state index contributed by atoms with van der Waals surface area (Å²) in [5, 5.41) is 3.67. The van der Waals surface area contributed by atoms with Crippen molar-refractivity contribution in [3.63, 3.8) is 0 Å². The third kappa shape index (κ3) is 5.09. The molecule has 0 bridgehead atoms. The van der Waals surface area contributed by atoms with Gasteiger partial charge in [0.25, 0.3) is 0 Å². The second-order valence-corrected chi connectivity index (χ2v) is 5.88. The van der Waals surface area contributed by atoms with Crippen LogP contribution in [0.15, 0.2) is 83.2 Å². The van der Waals surface area contributed by atoms with Crippen molar-refractivity contribution in [1.82, 2.24) is 5.32 Å². The number of allylic oxidation sites excluding steroid dienone is 7. The summed E-state index contributed by atoms with van der Waals surface area (Å²) in [6.07, 6.45) is 15.9. The lowest BCUT2D eigenvalue weighted by Crippen LogP contribution is -2.31. The molecule has 2 heteroatoms. The van der Waals surface area contributed by atoms with E-state index in [1.54, 1.807) is 0 Å². The van der Waals surface area contributed by atoms with Crippen molar-refractivity contribution in [2.45, 2.75) is 46.1 Å². The number of hydrogen-bond acceptors (Lipinski definition) is 2. The molecule has 1 N–H and O–H groups in total. The smallest absolute Gasteiger partial charge is 0.0904 e. The van der Waals surface area contributed by atoms with Crippen LogP contribution >= 0.6 is 0 Å². The van der Waals surface area contributed by atoms with Crippen LogP contribution in [0.4, 0.5) is 0 Å². The summed E-state index contributed by atoms with van der Waals surface area (Å²) in [4.78, 5) is 4.91. The molecule has 1 aromatic rings. The van der Waals surface area contributed by atoms with Crippen LogP contribution in [0.3, 0.4) is 0 Å². The Morgan fingerprint density at radius 3 is 2.58 bits per heavy atom. The van der Waals surface area contributed by atoms with Gasteiger partial charge in [-0.25, -0.2) is 0 Å². The predicted molar refractivity (Wildman–Crippen MR) is 105 cm³/mol. The van der Waals surface area contributed by atoms with Crippen LogP contribution in [0.2, 0.25) is 0 Å². The lowest BCUT2D eigenvalue weighted by Gasteiger charge is -2.27. The van der Waals surface area contributed by atoms with Gasteiger partial charge in [0, 0.05) is 12.1 Å². The molecule has 0 amide bonds. The summed E-state index contributed by atoms with van der Waals surface area (Å²) in [6, 6.07) is 10.7. The number of aliphatic imine (C=N–C) groups is 1. The van der Waals surface area contributed by atoms with Gasteiger partial charge in [-0.15, -0.1) is 0 Å². The molecule has 0 aliphatic carbocycles. The molecule has 0 aromatic heterocycles. The van der Waals surface area contributed by atoms with Crippen molar-refractivity contribution < 1.29 is 0 Å². The Hall–Kier alpha value is -2.35. The van der Waals surface area contributed by atoms with Gasteiger partial charge in [-0.2, -0.15) is 0 Å². The van der Waals surface area contributed by atoms with Crippen LogP contribution in [0.1, 0.15) is 51.6 Å². The summed E-state index contributed by atoms with van der Waals surface area (Å²) in [7, 11) is 0. The zero-order valence-corrected chi connectivity index (χ0v) is 15.0. The summed E-state index contributed by atoms with van der Waals surface area (Å²) in [5.74, 6) is 0. The minimum absolute atomic E-state index is 0.137. The van der Waals surface area contributed by atoms with Crippen molar-refractivity contribution >= 4 is 5.71 Å². The molecule has 0 fully saturated rings. The molecule has 1 aromatic carbocycles. The summed E-state index contributed by atoms with van der Waals surface area (Å²) < 4.78 is 0. The molecule has 24 heavy (non-hydrogen) atoms. The maximum atomic E-state index is 4.91. The van der Waals surface area contributed by atoms with E-state index in [4.69, 9.17) is 4.99 Å². The quantitative estimate of drug-likeness (QED) is 0.623. The number of nitrogens with one attached hydrogen (secondary N) is 1. The monoisotopic (exact) mass is 320 g/mol. The van der Waals surface area contributed by atoms with Gasteiger partial charge in [0.2, 0.25) is 0 Å². The highest BCUT2D eigenvalue weighted by molar-refractivity contribution is 5.93. The first-order chi connectivity index (χ1) is 11.8. The Morgan fingerprint density at radius 2 is 1.88 bits per heavy atom. The zero-order chi connectivity index (χ0) is 17.2.